The van der Waals surface area contributed by atoms with E-state index in [2.05, 4.69) is 135 Å². The Kier molecular flexibility index (Phi) is 43.2. The maximum atomic E-state index is 12.8. The van der Waals surface area contributed by atoms with Crippen molar-refractivity contribution in [1.29, 1.82) is 0 Å². The number of carboxylic acids is 1. The minimum atomic E-state index is -0.891. The Balaban J connectivity index is 4.44. The van der Waals surface area contributed by atoms with Crippen LogP contribution in [0.3, 0.4) is 0 Å². The van der Waals surface area contributed by atoms with E-state index < -0.39 is 18.1 Å². The number of hydrogen-bond donors (Lipinski definition) is 1. The summed E-state index contributed by atoms with van der Waals surface area (Å²) >= 11 is 0. The third kappa shape index (κ3) is 44.7. The average molecular weight is 903 g/mol. The van der Waals surface area contributed by atoms with E-state index >= 15 is 0 Å². The van der Waals surface area contributed by atoms with Crippen LogP contribution in [-0.2, 0) is 28.6 Å². The second-order valence-electron chi connectivity index (χ2n) is 17.3. The number of nitrogens with zero attached hydrogens (tertiary/aromatic N) is 1. The second kappa shape index (κ2) is 46.3. The van der Waals surface area contributed by atoms with Crippen LogP contribution in [0.2, 0.25) is 0 Å². The van der Waals surface area contributed by atoms with E-state index in [0.29, 0.717) is 12.8 Å². The normalized spacial score (nSPS) is 13.9. The summed E-state index contributed by atoms with van der Waals surface area (Å²) in [6.07, 6.45) is 65.4. The Morgan fingerprint density at radius 3 is 1.32 bits per heavy atom. The van der Waals surface area contributed by atoms with Gasteiger partial charge in [-0.1, -0.05) is 167 Å². The largest absolute Gasteiger partial charge is 0.477 e. The molecular weight excluding hydrogens is 811 g/mol. The van der Waals surface area contributed by atoms with Crippen molar-refractivity contribution in [3.05, 3.63) is 122 Å². The van der Waals surface area contributed by atoms with Gasteiger partial charge in [-0.05, 0) is 103 Å². The summed E-state index contributed by atoms with van der Waals surface area (Å²) in [4.78, 5) is 37.1. The molecule has 0 aromatic rings. The molecule has 8 nitrogen and oxygen atoms in total. The molecule has 0 heterocycles. The van der Waals surface area contributed by atoms with E-state index in [1.165, 1.54) is 25.7 Å². The van der Waals surface area contributed by atoms with E-state index in [0.717, 1.165) is 103 Å². The Bertz CT molecular complexity index is 1470. The Hall–Kier alpha value is -4.27. The number of quaternary nitrogens is 1. The van der Waals surface area contributed by atoms with Gasteiger partial charge in [-0.15, -0.1) is 0 Å². The highest BCUT2D eigenvalue weighted by molar-refractivity contribution is 5.72. The van der Waals surface area contributed by atoms with E-state index in [9.17, 15) is 19.5 Å². The fourth-order valence-corrected chi connectivity index (χ4v) is 6.50. The van der Waals surface area contributed by atoms with Gasteiger partial charge in [-0.25, -0.2) is 4.79 Å². The number of ether oxygens (including phenoxy) is 3. The Labute approximate surface area is 397 Å². The lowest BCUT2D eigenvalue weighted by molar-refractivity contribution is -0.887. The Morgan fingerprint density at radius 2 is 0.877 bits per heavy atom. The van der Waals surface area contributed by atoms with Crippen molar-refractivity contribution in [2.45, 2.75) is 180 Å². The van der Waals surface area contributed by atoms with Crippen LogP contribution in [0.25, 0.3) is 0 Å². The topological polar surface area (TPSA) is 99.1 Å². The average Bonchev–Trinajstić information content (AvgIpc) is 3.27. The molecule has 0 fully saturated rings. The van der Waals surface area contributed by atoms with Crippen LogP contribution in [0.1, 0.15) is 168 Å². The molecule has 65 heavy (non-hydrogen) atoms. The number of carbonyl (C=O) groups is 3. The summed E-state index contributed by atoms with van der Waals surface area (Å²) in [6, 6.07) is -0.636. The highest BCUT2D eigenvalue weighted by atomic mass is 16.6. The molecule has 0 radical (unpaired) electrons. The first-order chi connectivity index (χ1) is 31.6. The quantitative estimate of drug-likeness (QED) is 0.0282. The first-order valence-corrected chi connectivity index (χ1v) is 25.1. The fourth-order valence-electron chi connectivity index (χ4n) is 6.50. The minimum Gasteiger partial charge on any atom is -0.477 e. The fraction of sp³-hybridized carbons (Fsp3) is 0.596. The molecule has 1 N–H and O–H groups in total. The molecule has 0 rings (SSSR count). The summed E-state index contributed by atoms with van der Waals surface area (Å²) < 4.78 is 17.3. The standard InChI is InChI=1S/C57H91NO7/c1-6-8-10-12-14-16-18-20-22-24-26-28-30-32-34-36-38-40-42-44-46-48-56(60)65-53(51-63-50-49-54(57(61)62)58(3,4)5)52-64-55(59)47-45-43-41-39-37-35-33-31-29-27-25-23-21-19-17-15-13-11-9-7-2/h9,11,14-17,20-23,26-29,32-35,39,41,53-54H,6-8,10,12-13,18-19,24-25,30-31,36-38,40,42-52H2,1-5H3/p+1/b11-9+,16-14+,17-15+,22-20+,23-21+,28-26+,29-27+,34-32+,35-33+,41-39+. The molecule has 0 amide bonds. The Morgan fingerprint density at radius 1 is 0.477 bits per heavy atom. The lowest BCUT2D eigenvalue weighted by Crippen LogP contribution is -2.50. The summed E-state index contributed by atoms with van der Waals surface area (Å²) in [5, 5.41) is 9.65. The van der Waals surface area contributed by atoms with Crippen molar-refractivity contribution < 1.29 is 38.2 Å². The van der Waals surface area contributed by atoms with Gasteiger partial charge in [0.05, 0.1) is 34.4 Å². The maximum Gasteiger partial charge on any atom is 0.362 e. The van der Waals surface area contributed by atoms with Crippen molar-refractivity contribution >= 4 is 17.9 Å². The van der Waals surface area contributed by atoms with Gasteiger partial charge in [-0.3, -0.25) is 9.59 Å². The molecular formula is C57H92NO7+. The number of esters is 2. The van der Waals surface area contributed by atoms with Crippen molar-refractivity contribution in [2.75, 3.05) is 41.0 Å². The summed E-state index contributed by atoms with van der Waals surface area (Å²) in [6.45, 7) is 4.49. The lowest BCUT2D eigenvalue weighted by Gasteiger charge is -2.31. The minimum absolute atomic E-state index is 0.0263. The van der Waals surface area contributed by atoms with Gasteiger partial charge in [0.15, 0.2) is 12.1 Å². The number of unbranched alkanes of at least 4 members (excludes halogenated alkanes) is 9. The molecule has 8 heteroatoms. The molecule has 0 saturated heterocycles. The number of aliphatic carboxylic acids is 1. The van der Waals surface area contributed by atoms with Crippen LogP contribution < -0.4 is 0 Å². The summed E-state index contributed by atoms with van der Waals surface area (Å²) in [5.41, 5.74) is 0. The van der Waals surface area contributed by atoms with Gasteiger partial charge >= 0.3 is 17.9 Å². The van der Waals surface area contributed by atoms with Crippen LogP contribution >= 0.6 is 0 Å². The third-order valence-corrected chi connectivity index (χ3v) is 10.3. The first-order valence-electron chi connectivity index (χ1n) is 25.1. The zero-order valence-electron chi connectivity index (χ0n) is 41.6. The highest BCUT2D eigenvalue weighted by Crippen LogP contribution is 2.12. The highest BCUT2D eigenvalue weighted by Gasteiger charge is 2.31. The predicted octanol–water partition coefficient (Wildman–Crippen LogP) is 14.6. The lowest BCUT2D eigenvalue weighted by atomic mass is 10.1. The number of likely N-dealkylation sites (N-methyl/N-ethyl adjacent to an activating group) is 1. The van der Waals surface area contributed by atoms with Crippen LogP contribution in [0, 0.1) is 0 Å². The van der Waals surface area contributed by atoms with Crippen LogP contribution in [0.5, 0.6) is 0 Å². The van der Waals surface area contributed by atoms with Gasteiger partial charge < -0.3 is 23.8 Å². The smallest absolute Gasteiger partial charge is 0.362 e. The molecule has 0 saturated carbocycles. The number of hydrogen-bond acceptors (Lipinski definition) is 6. The molecule has 0 aliphatic rings. The molecule has 0 aromatic carbocycles. The van der Waals surface area contributed by atoms with Gasteiger partial charge in [0.25, 0.3) is 0 Å². The van der Waals surface area contributed by atoms with Gasteiger partial charge in [-0.2, -0.15) is 0 Å². The van der Waals surface area contributed by atoms with E-state index in [4.69, 9.17) is 14.2 Å². The molecule has 0 aliphatic heterocycles. The van der Waals surface area contributed by atoms with Gasteiger partial charge in [0.1, 0.15) is 6.61 Å². The number of carbonyl (C=O) groups excluding carboxylic acids is 2. The maximum absolute atomic E-state index is 12.8. The predicted molar refractivity (Wildman–Crippen MR) is 275 cm³/mol. The van der Waals surface area contributed by atoms with Gasteiger partial charge in [0.2, 0.25) is 0 Å². The molecule has 0 spiro atoms. The SMILES string of the molecule is CC/C=C/C/C=C/C/C=C/C/C=C/C/C=C/C/C=C/CCCC(=O)OCC(COCCC(C(=O)O)[N+](C)(C)C)OC(=O)CCCCCCC/C=C/C/C=C/C/C=C/C/C=C/CCCCC. The number of allylic oxidation sites excluding steroid dienone is 20. The van der Waals surface area contributed by atoms with Crippen molar-refractivity contribution in [3.8, 4) is 0 Å². The van der Waals surface area contributed by atoms with Crippen molar-refractivity contribution in [2.24, 2.45) is 0 Å². The third-order valence-electron chi connectivity index (χ3n) is 10.3. The van der Waals surface area contributed by atoms with Crippen LogP contribution in [-0.4, -0.2) is 80.6 Å². The second-order valence-corrected chi connectivity index (χ2v) is 17.3. The van der Waals surface area contributed by atoms with E-state index in [1.807, 2.05) is 21.1 Å². The molecule has 2 unspecified atom stereocenters. The summed E-state index contributed by atoms with van der Waals surface area (Å²) in [5.74, 6) is -1.58. The van der Waals surface area contributed by atoms with Crippen molar-refractivity contribution in [1.82, 2.24) is 0 Å². The molecule has 0 aliphatic carbocycles. The van der Waals surface area contributed by atoms with Crippen LogP contribution in [0.4, 0.5) is 0 Å². The molecule has 0 bridgehead atoms. The summed E-state index contributed by atoms with van der Waals surface area (Å²) in [7, 11) is 5.49. The van der Waals surface area contributed by atoms with Gasteiger partial charge in [0, 0.05) is 19.3 Å². The van der Waals surface area contributed by atoms with Crippen molar-refractivity contribution in [3.63, 3.8) is 0 Å². The molecule has 2 atom stereocenters. The van der Waals surface area contributed by atoms with E-state index in [1.54, 1.807) is 0 Å². The number of carboxylic acid groups (broad SMARTS) is 1. The van der Waals surface area contributed by atoms with E-state index in [-0.39, 0.29) is 49.1 Å². The zero-order chi connectivity index (χ0) is 47.7. The molecule has 366 valence electrons. The molecule has 0 aromatic heterocycles. The first kappa shape index (κ1) is 60.7. The van der Waals surface area contributed by atoms with Crippen LogP contribution in [0.15, 0.2) is 122 Å². The monoisotopic (exact) mass is 903 g/mol. The zero-order valence-corrected chi connectivity index (χ0v) is 41.6. The number of rotatable bonds is 43.